The lowest BCUT2D eigenvalue weighted by molar-refractivity contribution is -0.143. The minimum atomic E-state index is -2.19. The predicted molar refractivity (Wildman–Crippen MR) is 172 cm³/mol. The van der Waals surface area contributed by atoms with Gasteiger partial charge in [0.1, 0.15) is 0 Å². The van der Waals surface area contributed by atoms with E-state index in [2.05, 4.69) is 80.3 Å². The quantitative estimate of drug-likeness (QED) is 0.0941. The molecule has 0 fully saturated rings. The van der Waals surface area contributed by atoms with Crippen LogP contribution in [0.3, 0.4) is 0 Å². The molecule has 1 N–H and O–H groups in total. The van der Waals surface area contributed by atoms with Crippen molar-refractivity contribution < 1.29 is 18.8 Å². The van der Waals surface area contributed by atoms with Crippen molar-refractivity contribution in [3.8, 4) is 0 Å². The molecule has 1 aliphatic rings. The van der Waals surface area contributed by atoms with Crippen LogP contribution in [0, 0.1) is 11.8 Å². The summed E-state index contributed by atoms with van der Waals surface area (Å²) in [5.41, 5.74) is 4.76. The molecule has 0 radical (unpaired) electrons. The van der Waals surface area contributed by atoms with Crippen molar-refractivity contribution in [1.82, 2.24) is 0 Å². The molecule has 0 spiro atoms. The Morgan fingerprint density at radius 3 is 2.28 bits per heavy atom. The number of hydrogen-bond donors (Lipinski definition) is 1. The van der Waals surface area contributed by atoms with Crippen LogP contribution in [-0.2, 0) is 13.6 Å². The fourth-order valence-electron chi connectivity index (χ4n) is 5.44. The zero-order valence-corrected chi connectivity index (χ0v) is 29.2. The summed E-state index contributed by atoms with van der Waals surface area (Å²) in [5.74, 6) is 0.328. The maximum atomic E-state index is 11.9. The van der Waals surface area contributed by atoms with Crippen molar-refractivity contribution in [3.63, 3.8) is 0 Å². The Bertz CT molecular complexity index is 808. The van der Waals surface area contributed by atoms with Gasteiger partial charge in [-0.3, -0.25) is 0 Å². The first-order chi connectivity index (χ1) is 18.3. The molecule has 0 aromatic carbocycles. The monoisotopic (exact) mass is 578 g/mol. The van der Waals surface area contributed by atoms with Crippen LogP contribution in [0.1, 0.15) is 113 Å². The van der Waals surface area contributed by atoms with Crippen molar-refractivity contribution in [1.29, 1.82) is 0 Å². The van der Waals surface area contributed by atoms with E-state index in [-0.39, 0.29) is 5.04 Å². The van der Waals surface area contributed by atoms with Crippen molar-refractivity contribution in [3.05, 3.63) is 29.5 Å². The summed E-state index contributed by atoms with van der Waals surface area (Å²) in [5, 5.41) is 9.70. The lowest BCUT2D eigenvalue weighted by Crippen LogP contribution is -2.45. The molecule has 4 nitrogen and oxygen atoms in total. The van der Waals surface area contributed by atoms with Gasteiger partial charge in [0.2, 0.25) is 0 Å². The molecule has 6 heteroatoms. The fraction of sp³-hybridized carbons (Fsp3) is 0.818. The van der Waals surface area contributed by atoms with E-state index in [9.17, 15) is 9.90 Å². The normalized spacial score (nSPS) is 19.8. The van der Waals surface area contributed by atoms with Crippen LogP contribution in [-0.4, -0.2) is 39.9 Å². The van der Waals surface area contributed by atoms with E-state index in [4.69, 9.17) is 8.85 Å². The highest BCUT2D eigenvalue weighted by Gasteiger charge is 2.40. The van der Waals surface area contributed by atoms with E-state index in [0.717, 1.165) is 25.2 Å². The van der Waals surface area contributed by atoms with Gasteiger partial charge in [0.15, 0.2) is 22.7 Å². The van der Waals surface area contributed by atoms with Gasteiger partial charge < -0.3 is 14.0 Å². The Morgan fingerprint density at radius 2 is 1.74 bits per heavy atom. The number of carboxylic acids is 1. The van der Waals surface area contributed by atoms with E-state index < -0.39 is 28.7 Å². The predicted octanol–water partition coefficient (Wildman–Crippen LogP) is 10.3. The lowest BCUT2D eigenvalue weighted by atomic mass is 9.89. The minimum absolute atomic E-state index is 0.0414. The van der Waals surface area contributed by atoms with Gasteiger partial charge in [0, 0.05) is 5.92 Å². The zero-order chi connectivity index (χ0) is 29.7. The SMILES string of the molecule is CCCCC(C)CCCC1=CC[C@H](O[Si](CC)(CC)CC)[C@@H]1CCC=C=CC(O[Si](C)(C)C(C)(C)C)C(=O)O. The molecule has 2 unspecified atom stereocenters. The summed E-state index contributed by atoms with van der Waals surface area (Å²) in [6.45, 7) is 22.2. The van der Waals surface area contributed by atoms with Gasteiger partial charge in [0.25, 0.3) is 0 Å². The van der Waals surface area contributed by atoms with Gasteiger partial charge in [-0.15, -0.1) is 5.73 Å². The average Bonchev–Trinajstić information content (AvgIpc) is 3.24. The number of carboxylic acid groups (broad SMARTS) is 1. The van der Waals surface area contributed by atoms with Gasteiger partial charge >= 0.3 is 5.97 Å². The number of carbonyl (C=O) groups is 1. The molecule has 0 aromatic rings. The van der Waals surface area contributed by atoms with Crippen LogP contribution in [0.25, 0.3) is 0 Å². The van der Waals surface area contributed by atoms with Gasteiger partial charge in [-0.1, -0.05) is 92.7 Å². The number of hydrogen-bond acceptors (Lipinski definition) is 3. The molecule has 4 atom stereocenters. The largest absolute Gasteiger partial charge is 0.479 e. The summed E-state index contributed by atoms with van der Waals surface area (Å²) in [7, 11) is -3.87. The average molecular weight is 579 g/mol. The third-order valence-electron chi connectivity index (χ3n) is 9.54. The topological polar surface area (TPSA) is 55.8 Å². The third kappa shape index (κ3) is 11.8. The molecule has 1 aliphatic carbocycles. The van der Waals surface area contributed by atoms with E-state index in [1.165, 1.54) is 56.7 Å². The summed E-state index contributed by atoms with van der Waals surface area (Å²) in [6, 6.07) is 3.54. The van der Waals surface area contributed by atoms with Crippen molar-refractivity contribution in [2.24, 2.45) is 11.8 Å². The Hall–Kier alpha value is -0.916. The molecule has 1 rings (SSSR count). The van der Waals surface area contributed by atoms with E-state index in [1.807, 2.05) is 6.08 Å². The first-order valence-corrected chi connectivity index (χ1v) is 21.4. The van der Waals surface area contributed by atoms with E-state index in [1.54, 1.807) is 11.6 Å². The summed E-state index contributed by atoms with van der Waals surface area (Å²) in [4.78, 5) is 11.9. The lowest BCUT2D eigenvalue weighted by Gasteiger charge is -2.37. The molecule has 226 valence electrons. The standard InChI is InChI=1S/C33H62O4Si2/c1-11-15-20-27(5)21-19-22-28-25-26-30(37-39(12-2,13-3)14-4)29(28)23-17-16-18-24-31(32(34)35)36-38(9,10)33(6,7)8/h16,24-25,27,29-31H,11-15,17,19-23,26H2,1-10H3,(H,34,35)/t18?,27?,29-,30+,31?/m1/s1. The third-order valence-corrected chi connectivity index (χ3v) is 18.7. The molecule has 39 heavy (non-hydrogen) atoms. The first-order valence-electron chi connectivity index (χ1n) is 15.9. The van der Waals surface area contributed by atoms with Crippen molar-refractivity contribution in [2.75, 3.05) is 0 Å². The highest BCUT2D eigenvalue weighted by atomic mass is 28.4. The van der Waals surface area contributed by atoms with Crippen molar-refractivity contribution >= 4 is 22.6 Å². The molecule has 0 heterocycles. The highest BCUT2D eigenvalue weighted by Crippen LogP contribution is 2.39. The molecular weight excluding hydrogens is 517 g/mol. The van der Waals surface area contributed by atoms with E-state index >= 15 is 0 Å². The second kappa shape index (κ2) is 17.1. The van der Waals surface area contributed by atoms with Crippen LogP contribution in [0.15, 0.2) is 29.5 Å². The second-order valence-corrected chi connectivity index (χ2v) is 22.9. The maximum absolute atomic E-state index is 11.9. The first kappa shape index (κ1) is 36.1. The number of rotatable bonds is 19. The van der Waals surface area contributed by atoms with Crippen LogP contribution in [0.5, 0.6) is 0 Å². The zero-order valence-electron chi connectivity index (χ0n) is 27.2. The van der Waals surface area contributed by atoms with Crippen molar-refractivity contribution in [2.45, 2.75) is 162 Å². The highest BCUT2D eigenvalue weighted by molar-refractivity contribution is 6.74. The fourth-order valence-corrected chi connectivity index (χ4v) is 9.50. The molecule has 0 saturated heterocycles. The molecule has 0 aromatic heterocycles. The Kier molecular flexibility index (Phi) is 15.9. The summed E-state index contributed by atoms with van der Waals surface area (Å²) >= 11 is 0. The Morgan fingerprint density at radius 1 is 1.13 bits per heavy atom. The number of unbranched alkanes of at least 4 members (excludes halogenated alkanes) is 1. The molecular formula is C33H62O4Si2. The smallest absolute Gasteiger partial charge is 0.336 e. The summed E-state index contributed by atoms with van der Waals surface area (Å²) in [6.07, 6.45) is 16.1. The Labute approximate surface area is 244 Å². The van der Waals surface area contributed by atoms with Crippen LogP contribution >= 0.6 is 0 Å². The van der Waals surface area contributed by atoms with Gasteiger partial charge in [-0.2, -0.15) is 0 Å². The molecule has 0 saturated carbocycles. The van der Waals surface area contributed by atoms with Gasteiger partial charge in [-0.25, -0.2) is 4.79 Å². The van der Waals surface area contributed by atoms with Crippen LogP contribution in [0.4, 0.5) is 0 Å². The minimum Gasteiger partial charge on any atom is -0.479 e. The maximum Gasteiger partial charge on any atom is 0.336 e. The number of aliphatic carboxylic acids is 1. The second-order valence-electron chi connectivity index (χ2n) is 13.4. The Balaban J connectivity index is 2.92. The molecule has 0 amide bonds. The molecule has 0 aliphatic heterocycles. The van der Waals surface area contributed by atoms with Gasteiger partial charge in [0.05, 0.1) is 6.10 Å². The van der Waals surface area contributed by atoms with Crippen LogP contribution < -0.4 is 0 Å². The van der Waals surface area contributed by atoms with E-state index in [0.29, 0.717) is 12.0 Å². The van der Waals surface area contributed by atoms with Gasteiger partial charge in [-0.05, 0) is 86.4 Å². The summed E-state index contributed by atoms with van der Waals surface area (Å²) < 4.78 is 13.2. The van der Waals surface area contributed by atoms with Crippen LogP contribution in [0.2, 0.25) is 36.3 Å². The molecule has 0 bridgehead atoms.